The number of phenolic OH excluding ortho intramolecular Hbond substituents is 2. The Hall–Kier alpha value is -12.4. The first-order valence-corrected chi connectivity index (χ1v) is 47.9. The van der Waals surface area contributed by atoms with Gasteiger partial charge >= 0.3 is 72.6 Å². The Morgan fingerprint density at radius 2 is 0.447 bits per heavy atom. The van der Waals surface area contributed by atoms with Gasteiger partial charge in [-0.2, -0.15) is 16.8 Å². The van der Waals surface area contributed by atoms with Gasteiger partial charge < -0.3 is 49.5 Å². The number of methoxy groups -OCH3 is 2. The smallest absolute Gasteiger partial charge is 1.00 e. The monoisotopic (exact) mass is 1980 g/mol. The van der Waals surface area contributed by atoms with E-state index in [1.165, 1.54) is 135 Å². The van der Waals surface area contributed by atoms with Gasteiger partial charge in [0.15, 0.2) is 23.0 Å². The molecule has 39 heteroatoms. The second kappa shape index (κ2) is 46.6. The summed E-state index contributed by atoms with van der Waals surface area (Å²) in [5, 5.41) is 20.7. The van der Waals surface area contributed by atoms with Crippen LogP contribution >= 0.6 is 0 Å². The molecule has 0 bridgehead atoms. The van der Waals surface area contributed by atoms with Gasteiger partial charge in [0.2, 0.25) is 39.3 Å². The summed E-state index contributed by atoms with van der Waals surface area (Å²) in [7, 11) is -29.0. The van der Waals surface area contributed by atoms with Gasteiger partial charge in [0, 0.05) is 12.1 Å². The molecule has 14 aromatic rings. The van der Waals surface area contributed by atoms with E-state index in [1.54, 1.807) is 111 Å². The molecule has 0 unspecified atom stereocenters. The van der Waals surface area contributed by atoms with E-state index in [2.05, 4.69) is 0 Å². The van der Waals surface area contributed by atoms with E-state index in [1.807, 2.05) is 67.6 Å². The summed E-state index contributed by atoms with van der Waals surface area (Å²) in [6, 6.07) is 79.9. The van der Waals surface area contributed by atoms with Gasteiger partial charge in [0.05, 0.1) is 53.4 Å². The minimum atomic E-state index is -4.97. The summed E-state index contributed by atoms with van der Waals surface area (Å²) in [4.78, 5) is -2.10. The molecule has 14 aromatic carbocycles. The van der Waals surface area contributed by atoms with Crippen LogP contribution in [-0.4, -0.2) is 109 Å². The Balaban J connectivity index is 0.000000366. The summed E-state index contributed by atoms with van der Waals surface area (Å²) < 4.78 is 271. The molecule has 0 fully saturated rings. The van der Waals surface area contributed by atoms with E-state index in [9.17, 15) is 69.8 Å². The Kier molecular flexibility index (Phi) is 37.6. The molecule has 0 aliphatic carbocycles. The number of ether oxygens (including phenoxy) is 8. The maximum Gasteiger partial charge on any atom is 1.00 e. The van der Waals surface area contributed by atoms with Gasteiger partial charge in [-0.3, -0.25) is 9.11 Å². The van der Waals surface area contributed by atoms with Crippen LogP contribution in [0, 0.1) is 13.8 Å². The second-order valence-corrected chi connectivity index (χ2v) is 38.7. The average molecular weight is 1980 g/mol. The molecule has 0 heterocycles. The minimum Gasteiger partial charge on any atom is -1.00 e. The molecule has 686 valence electrons. The maximum absolute atomic E-state index is 13.4. The molecule has 4 N–H and O–H groups in total. The van der Waals surface area contributed by atoms with Crippen molar-refractivity contribution in [2.75, 3.05) is 14.2 Å². The first-order valence-electron chi connectivity index (χ1n) is 37.1. The maximum atomic E-state index is 13.4. The third-order valence-corrected chi connectivity index (χ3v) is 27.3. The summed E-state index contributed by atoms with van der Waals surface area (Å²) >= 11 is 0. The first-order chi connectivity index (χ1) is 60.6. The zero-order valence-corrected chi connectivity index (χ0v) is 77.8. The van der Waals surface area contributed by atoms with Crippen LogP contribution in [0.25, 0.3) is 0 Å². The quantitative estimate of drug-likeness (QED) is 0.0261. The standard InChI is InChI=1S/2C45H36O12S3.3CH4.K.2O3S.H/c1-30-3-18-38(19-4-30)59(49,50)41-24-26-44(45(29-41)60(51,52)53)57-36-11-7-32(8-12-36)27-31-5-9-33(10-6-31)55-34-13-20-39(21-14-34)58(47,48)40-22-15-35(16-23-40)56-37-17-25-43(54-2)42(46)28-37;1-30-3-18-38(19-4-30)59(49,50)41-24-26-44(45(29-41)60(51,52)53)57-37-17-25-43(42(46)28-37)56-36-15-22-40(23-16-36)58(47,48)39-20-13-35(14-21-39)55-34-11-7-32(8-12-34)27-31-5-9-33(54-2)10-6-31;;;;;2*1-4(2)3;/h2*3-26,28-29,46H,27H2,1-2H3,(H,51,52,53);3*1H4;;;;/q;;;;;+1;;;-1. The third-order valence-electron chi connectivity index (χ3n) is 18.4. The Labute approximate surface area is 811 Å². The van der Waals surface area contributed by atoms with Gasteiger partial charge in [-0.15, -0.1) is 25.3 Å². The number of benzene rings is 14. The predicted octanol–water partition coefficient (Wildman–Crippen LogP) is 16.2. The fourth-order valence-corrected chi connectivity index (χ4v) is 18.5. The van der Waals surface area contributed by atoms with Crippen LogP contribution in [0.3, 0.4) is 0 Å². The summed E-state index contributed by atoms with van der Waals surface area (Å²) in [5.41, 5.74) is 5.77. The Morgan fingerprint density at radius 1 is 0.250 bits per heavy atom. The molecule has 0 aliphatic rings. The SMILES string of the molecule is C.C.C.COc1ccc(Cc2ccc(Oc3ccc(S(=O)(=O)c4ccc(Oc5ccc(Oc6ccc(S(=O)(=O)c7ccc(C)cc7)cc6S(=O)(=O)O)cc5O)cc4)cc3)cc2)cc1.COc1ccc(Oc2ccc(S(=O)(=O)c3ccc(Oc4ccc(Cc5ccc(Oc6ccc(S(=O)(=O)c7ccc(C)cc7)cc6S(=O)(=O)O)cc5)cc4)cc3)cc2)cc1O.O=S(=O)=O.O=S(=O)=O.[H-].[K+]. The zero-order chi connectivity index (χ0) is 92.5. The minimum absolute atomic E-state index is 0. The van der Waals surface area contributed by atoms with E-state index in [0.29, 0.717) is 46.7 Å². The van der Waals surface area contributed by atoms with Crippen LogP contribution < -0.4 is 89.3 Å². The second-order valence-electron chi connectivity index (χ2n) is 27.3. The largest absolute Gasteiger partial charge is 1.00 e. The van der Waals surface area contributed by atoms with Gasteiger partial charge in [0.1, 0.15) is 78.8 Å². The van der Waals surface area contributed by atoms with Gasteiger partial charge in [-0.25, -0.2) is 33.7 Å². The van der Waals surface area contributed by atoms with E-state index >= 15 is 0 Å². The molecule has 132 heavy (non-hydrogen) atoms. The zero-order valence-electron chi connectivity index (χ0n) is 69.1. The van der Waals surface area contributed by atoms with E-state index in [0.717, 1.165) is 75.9 Å². The van der Waals surface area contributed by atoms with Crippen LogP contribution in [0.1, 0.15) is 57.1 Å². The molecule has 0 aliphatic heterocycles. The van der Waals surface area contributed by atoms with Gasteiger partial charge in [-0.1, -0.05) is 106 Å². The summed E-state index contributed by atoms with van der Waals surface area (Å²) in [5.74, 6) is 3.01. The molecule has 0 radical (unpaired) electrons. The number of hydrogen-bond acceptors (Lipinski definition) is 28. The molecule has 0 saturated heterocycles. The molecule has 0 saturated carbocycles. The summed E-state index contributed by atoms with van der Waals surface area (Å²) in [6.07, 6.45) is 1.28. The van der Waals surface area contributed by atoms with Crippen molar-refractivity contribution in [3.8, 4) is 92.0 Å². The Morgan fingerprint density at radius 3 is 0.712 bits per heavy atom. The van der Waals surface area contributed by atoms with Gasteiger partial charge in [-0.05, 0) is 279 Å². The van der Waals surface area contributed by atoms with Crippen molar-refractivity contribution in [3.05, 3.63) is 349 Å². The van der Waals surface area contributed by atoms with Crippen molar-refractivity contribution in [1.29, 1.82) is 0 Å². The van der Waals surface area contributed by atoms with Gasteiger partial charge in [0.25, 0.3) is 20.2 Å². The van der Waals surface area contributed by atoms with E-state index < -0.39 is 102 Å². The molecule has 0 atom stereocenters. The molecular weight excluding hydrogens is 1890 g/mol. The van der Waals surface area contributed by atoms with Crippen molar-refractivity contribution in [1.82, 2.24) is 0 Å². The van der Waals surface area contributed by atoms with Crippen molar-refractivity contribution < 1.29 is 186 Å². The van der Waals surface area contributed by atoms with E-state index in [4.69, 9.17) is 63.1 Å². The number of sulfone groups is 4. The van der Waals surface area contributed by atoms with Crippen LogP contribution in [0.2, 0.25) is 0 Å². The van der Waals surface area contributed by atoms with Crippen LogP contribution in [0.15, 0.2) is 364 Å². The number of phenols is 2. The van der Waals surface area contributed by atoms with Crippen molar-refractivity contribution in [3.63, 3.8) is 0 Å². The molecular formula is C93H85KO30S8. The van der Waals surface area contributed by atoms with Crippen LogP contribution in [0.5, 0.6) is 92.0 Å². The van der Waals surface area contributed by atoms with Crippen molar-refractivity contribution in [2.45, 2.75) is 97.9 Å². The number of hydrogen-bond donors (Lipinski definition) is 4. The van der Waals surface area contributed by atoms with Crippen LogP contribution in [-0.2, 0) is 93.6 Å². The first kappa shape index (κ1) is 107. The normalized spacial score (nSPS) is 11.1. The van der Waals surface area contributed by atoms with Crippen molar-refractivity contribution in [2.24, 2.45) is 0 Å². The molecule has 0 spiro atoms. The summed E-state index contributed by atoms with van der Waals surface area (Å²) in [6.45, 7) is 3.59. The Bertz CT molecular complexity index is 7330. The predicted molar refractivity (Wildman–Crippen MR) is 484 cm³/mol. The molecule has 0 aromatic heterocycles. The topological polar surface area (TPSA) is 462 Å². The third kappa shape index (κ3) is 28.8. The molecule has 14 rings (SSSR count). The fraction of sp³-hybridized carbons (Fsp3) is 0.0968. The average Bonchev–Trinajstić information content (AvgIpc) is 0.792. The van der Waals surface area contributed by atoms with Crippen LogP contribution in [0.4, 0.5) is 0 Å². The number of aromatic hydroxyl groups is 2. The number of rotatable bonds is 28. The molecule has 0 amide bonds. The number of aryl methyl sites for hydroxylation is 2. The van der Waals surface area contributed by atoms with E-state index in [-0.39, 0.29) is 149 Å². The molecule has 30 nitrogen and oxygen atoms in total. The van der Waals surface area contributed by atoms with Crippen molar-refractivity contribution >= 4 is 80.8 Å². The fourth-order valence-electron chi connectivity index (χ4n) is 12.0.